The molecule has 216 valence electrons. The number of hydrogen-bond acceptors (Lipinski definition) is 5. The van der Waals surface area contributed by atoms with Gasteiger partial charge in [-0.25, -0.2) is 0 Å². The Hall–Kier alpha value is -4.46. The van der Waals surface area contributed by atoms with Gasteiger partial charge in [0.25, 0.3) is 11.8 Å². The normalized spacial score (nSPS) is 10.9. The second kappa shape index (κ2) is 13.7. The van der Waals surface area contributed by atoms with Crippen molar-refractivity contribution in [3.63, 3.8) is 0 Å². The largest absolute Gasteiger partial charge is 0.493 e. The van der Waals surface area contributed by atoms with Crippen molar-refractivity contribution in [2.75, 3.05) is 34.4 Å². The first-order valence-corrected chi connectivity index (χ1v) is 13.9. The minimum Gasteiger partial charge on any atom is -0.493 e. The van der Waals surface area contributed by atoms with E-state index < -0.39 is 0 Å². The third-order valence-corrected chi connectivity index (χ3v) is 7.16. The molecule has 0 aliphatic heterocycles. The van der Waals surface area contributed by atoms with Crippen LogP contribution in [0.4, 0.5) is 0 Å². The van der Waals surface area contributed by atoms with Gasteiger partial charge in [0.05, 0.1) is 27.3 Å². The van der Waals surface area contributed by atoms with Crippen LogP contribution in [0.2, 0.25) is 0 Å². The number of ether oxygens (including phenoxy) is 2. The van der Waals surface area contributed by atoms with Crippen molar-refractivity contribution in [1.29, 1.82) is 0 Å². The number of rotatable bonds is 13. The number of carbonyl (C=O) groups is 2. The Bertz CT molecular complexity index is 1470. The Morgan fingerprint density at radius 3 is 2.41 bits per heavy atom. The van der Waals surface area contributed by atoms with Gasteiger partial charge in [0, 0.05) is 37.6 Å². The SMILES string of the molecule is CCCN(Cc1cccn1Cc1ccc(C(=O)N(C)CCc2ccc(OC)c(OC)c2)o1)C(=O)c1ccccc1C. The number of carbonyl (C=O) groups excluding carboxylic acids is 2. The number of benzene rings is 2. The van der Waals surface area contributed by atoms with Gasteiger partial charge in [-0.3, -0.25) is 9.59 Å². The summed E-state index contributed by atoms with van der Waals surface area (Å²) in [5.41, 5.74) is 3.73. The van der Waals surface area contributed by atoms with Crippen LogP contribution in [0.3, 0.4) is 0 Å². The molecular formula is C33H39N3O5. The topological polar surface area (TPSA) is 77.2 Å². The van der Waals surface area contributed by atoms with Gasteiger partial charge in [0.15, 0.2) is 17.3 Å². The second-order valence-electron chi connectivity index (χ2n) is 10.1. The molecule has 0 unspecified atom stereocenters. The Morgan fingerprint density at radius 1 is 0.902 bits per heavy atom. The van der Waals surface area contributed by atoms with Gasteiger partial charge in [-0.2, -0.15) is 0 Å². The molecule has 0 aliphatic carbocycles. The van der Waals surface area contributed by atoms with E-state index in [4.69, 9.17) is 13.9 Å². The van der Waals surface area contributed by atoms with Crippen molar-refractivity contribution in [3.8, 4) is 11.5 Å². The summed E-state index contributed by atoms with van der Waals surface area (Å²) in [6.07, 6.45) is 3.50. The second-order valence-corrected chi connectivity index (χ2v) is 10.1. The van der Waals surface area contributed by atoms with Crippen LogP contribution in [0.1, 0.15) is 56.8 Å². The van der Waals surface area contributed by atoms with Gasteiger partial charge < -0.3 is 28.3 Å². The predicted octanol–water partition coefficient (Wildman–Crippen LogP) is 5.82. The van der Waals surface area contributed by atoms with Gasteiger partial charge in [0.2, 0.25) is 0 Å². The smallest absolute Gasteiger partial charge is 0.289 e. The van der Waals surface area contributed by atoms with Crippen LogP contribution in [0.25, 0.3) is 0 Å². The van der Waals surface area contributed by atoms with E-state index in [1.54, 1.807) is 32.2 Å². The first-order chi connectivity index (χ1) is 19.8. The van der Waals surface area contributed by atoms with Crippen LogP contribution in [0.5, 0.6) is 11.5 Å². The monoisotopic (exact) mass is 557 g/mol. The number of aryl methyl sites for hydroxylation is 1. The molecule has 0 saturated heterocycles. The minimum absolute atomic E-state index is 0.0275. The first kappa shape index (κ1) is 29.5. The fraction of sp³-hybridized carbons (Fsp3) is 0.333. The molecule has 41 heavy (non-hydrogen) atoms. The molecule has 0 fully saturated rings. The van der Waals surface area contributed by atoms with Crippen LogP contribution in [-0.4, -0.2) is 60.5 Å². The summed E-state index contributed by atoms with van der Waals surface area (Å²) in [6.45, 7) is 6.16. The van der Waals surface area contributed by atoms with E-state index in [-0.39, 0.29) is 11.8 Å². The van der Waals surface area contributed by atoms with Crippen LogP contribution in [-0.2, 0) is 19.5 Å². The van der Waals surface area contributed by atoms with Crippen molar-refractivity contribution < 1.29 is 23.5 Å². The third kappa shape index (κ3) is 7.20. The lowest BCUT2D eigenvalue weighted by Gasteiger charge is -2.24. The average molecular weight is 558 g/mol. The van der Waals surface area contributed by atoms with E-state index in [2.05, 4.69) is 11.5 Å². The summed E-state index contributed by atoms with van der Waals surface area (Å²) >= 11 is 0. The average Bonchev–Trinajstić information content (AvgIpc) is 3.64. The summed E-state index contributed by atoms with van der Waals surface area (Å²) in [5, 5.41) is 0. The maximum atomic E-state index is 13.3. The zero-order chi connectivity index (χ0) is 29.4. The molecule has 0 radical (unpaired) electrons. The molecule has 0 atom stereocenters. The molecule has 2 aromatic heterocycles. The Labute approximate surface area is 242 Å². The Morgan fingerprint density at radius 2 is 1.68 bits per heavy atom. The number of amides is 2. The molecule has 0 N–H and O–H groups in total. The van der Waals surface area contributed by atoms with E-state index in [0.717, 1.165) is 28.8 Å². The zero-order valence-corrected chi connectivity index (χ0v) is 24.6. The number of likely N-dealkylation sites (N-methyl/N-ethyl adjacent to an activating group) is 1. The molecule has 8 nitrogen and oxygen atoms in total. The summed E-state index contributed by atoms with van der Waals surface area (Å²) in [6, 6.07) is 21.0. The van der Waals surface area contributed by atoms with Crippen LogP contribution >= 0.6 is 0 Å². The molecule has 4 rings (SSSR count). The summed E-state index contributed by atoms with van der Waals surface area (Å²) in [4.78, 5) is 29.9. The molecule has 0 saturated carbocycles. The van der Waals surface area contributed by atoms with Crippen LogP contribution in [0.15, 0.2) is 77.3 Å². The lowest BCUT2D eigenvalue weighted by Crippen LogP contribution is -2.32. The molecule has 2 heterocycles. The quantitative estimate of drug-likeness (QED) is 0.207. The lowest BCUT2D eigenvalue weighted by atomic mass is 10.1. The fourth-order valence-corrected chi connectivity index (χ4v) is 4.82. The maximum absolute atomic E-state index is 13.3. The first-order valence-electron chi connectivity index (χ1n) is 13.9. The van der Waals surface area contributed by atoms with Crippen molar-refractivity contribution in [1.82, 2.24) is 14.4 Å². The van der Waals surface area contributed by atoms with E-state index in [1.807, 2.05) is 78.7 Å². The maximum Gasteiger partial charge on any atom is 0.289 e. The molecule has 0 spiro atoms. The summed E-state index contributed by atoms with van der Waals surface area (Å²) in [7, 11) is 4.98. The van der Waals surface area contributed by atoms with Gasteiger partial charge in [0.1, 0.15) is 5.76 Å². The van der Waals surface area contributed by atoms with Gasteiger partial charge in [-0.15, -0.1) is 0 Å². The number of aromatic nitrogens is 1. The number of nitrogens with zero attached hydrogens (tertiary/aromatic N) is 3. The zero-order valence-electron chi connectivity index (χ0n) is 24.6. The van der Waals surface area contributed by atoms with Gasteiger partial charge in [-0.1, -0.05) is 31.2 Å². The van der Waals surface area contributed by atoms with E-state index >= 15 is 0 Å². The third-order valence-electron chi connectivity index (χ3n) is 7.16. The molecule has 8 heteroatoms. The van der Waals surface area contributed by atoms with E-state index in [1.165, 1.54) is 0 Å². The highest BCUT2D eigenvalue weighted by atomic mass is 16.5. The highest BCUT2D eigenvalue weighted by Gasteiger charge is 2.20. The Kier molecular flexibility index (Phi) is 9.90. The molecular weight excluding hydrogens is 518 g/mol. The van der Waals surface area contributed by atoms with Crippen molar-refractivity contribution in [3.05, 3.63) is 107 Å². The number of methoxy groups -OCH3 is 2. The van der Waals surface area contributed by atoms with Crippen molar-refractivity contribution in [2.24, 2.45) is 0 Å². The molecule has 2 aromatic carbocycles. The van der Waals surface area contributed by atoms with Crippen molar-refractivity contribution >= 4 is 11.8 Å². The van der Waals surface area contributed by atoms with Gasteiger partial charge in [-0.05, 0) is 73.4 Å². The van der Waals surface area contributed by atoms with Crippen LogP contribution in [0, 0.1) is 6.92 Å². The molecule has 0 aliphatic rings. The highest BCUT2D eigenvalue weighted by Crippen LogP contribution is 2.28. The summed E-state index contributed by atoms with van der Waals surface area (Å²) < 4.78 is 18.7. The molecule has 4 aromatic rings. The van der Waals surface area contributed by atoms with E-state index in [0.29, 0.717) is 55.6 Å². The van der Waals surface area contributed by atoms with Crippen molar-refractivity contribution in [2.45, 2.75) is 39.8 Å². The van der Waals surface area contributed by atoms with Crippen LogP contribution < -0.4 is 9.47 Å². The molecule has 2 amide bonds. The Balaban J connectivity index is 1.39. The predicted molar refractivity (Wildman–Crippen MR) is 159 cm³/mol. The highest BCUT2D eigenvalue weighted by molar-refractivity contribution is 5.95. The standard InChI is InChI=1S/C33H39N3O5/c1-6-18-36(32(37)28-12-8-7-10-24(28)2)22-26-11-9-19-35(26)23-27-14-16-30(41-27)33(38)34(3)20-17-25-13-15-29(39-4)31(21-25)40-5/h7-16,19,21H,6,17-18,20,22-23H2,1-5H3. The van der Waals surface area contributed by atoms with E-state index in [9.17, 15) is 9.59 Å². The fourth-order valence-electron chi connectivity index (χ4n) is 4.82. The lowest BCUT2D eigenvalue weighted by molar-refractivity contribution is 0.0735. The number of hydrogen-bond donors (Lipinski definition) is 0. The molecule has 0 bridgehead atoms. The minimum atomic E-state index is -0.178. The van der Waals surface area contributed by atoms with Gasteiger partial charge >= 0.3 is 0 Å². The number of furan rings is 1. The summed E-state index contributed by atoms with van der Waals surface area (Å²) in [5.74, 6) is 2.15.